The van der Waals surface area contributed by atoms with Crippen molar-refractivity contribution in [3.63, 3.8) is 0 Å². The highest BCUT2D eigenvalue weighted by atomic mass is 32.1. The van der Waals surface area contributed by atoms with E-state index in [0.717, 1.165) is 61.2 Å². The summed E-state index contributed by atoms with van der Waals surface area (Å²) in [5.74, 6) is 0.0946. The van der Waals surface area contributed by atoms with Crippen LogP contribution in [0, 0.1) is 5.82 Å². The summed E-state index contributed by atoms with van der Waals surface area (Å²) in [7, 11) is 0. The van der Waals surface area contributed by atoms with E-state index in [9.17, 15) is 9.50 Å². The lowest BCUT2D eigenvalue weighted by molar-refractivity contribution is 0.130. The Kier molecular flexibility index (Phi) is 5.52. The van der Waals surface area contributed by atoms with Crippen LogP contribution in [-0.2, 0) is 6.54 Å². The maximum Gasteiger partial charge on any atom is 0.183 e. The molecule has 0 saturated carbocycles. The summed E-state index contributed by atoms with van der Waals surface area (Å²) in [5.41, 5.74) is 2.07. The zero-order valence-electron chi connectivity index (χ0n) is 15.1. The Morgan fingerprint density at radius 3 is 2.56 bits per heavy atom. The molecule has 1 saturated heterocycles. The standard InChI is InChI=1S/C20H23FN4OS/c21-16-3-6-18-19(13-16)27-20(23-18)22-7-8-24-9-11-25(12-10-24)14-15-1-4-17(26)5-2-15/h1-6,13,26H,7-12,14H2,(H,22,23). The molecule has 2 heterocycles. The first-order chi connectivity index (χ1) is 13.2. The number of rotatable bonds is 6. The van der Waals surface area contributed by atoms with E-state index in [0.29, 0.717) is 5.75 Å². The van der Waals surface area contributed by atoms with Gasteiger partial charge in [-0.1, -0.05) is 23.5 Å². The van der Waals surface area contributed by atoms with Crippen LogP contribution in [0.4, 0.5) is 9.52 Å². The minimum Gasteiger partial charge on any atom is -0.508 e. The predicted octanol–water partition coefficient (Wildman–Crippen LogP) is 3.37. The maximum atomic E-state index is 13.3. The molecule has 1 fully saturated rings. The molecule has 1 aliphatic heterocycles. The lowest BCUT2D eigenvalue weighted by atomic mass is 10.2. The summed E-state index contributed by atoms with van der Waals surface area (Å²) < 4.78 is 14.1. The number of aromatic nitrogens is 1. The van der Waals surface area contributed by atoms with Crippen molar-refractivity contribution in [1.82, 2.24) is 14.8 Å². The smallest absolute Gasteiger partial charge is 0.183 e. The van der Waals surface area contributed by atoms with Crippen LogP contribution in [0.3, 0.4) is 0 Å². The molecule has 3 aromatic rings. The Labute approximate surface area is 162 Å². The molecule has 4 rings (SSSR count). The number of benzene rings is 2. The summed E-state index contributed by atoms with van der Waals surface area (Å²) in [6.07, 6.45) is 0. The van der Waals surface area contributed by atoms with Crippen molar-refractivity contribution < 1.29 is 9.50 Å². The number of phenolic OH excluding ortho intramolecular Hbond substituents is 1. The summed E-state index contributed by atoms with van der Waals surface area (Å²) in [6, 6.07) is 12.2. The van der Waals surface area contributed by atoms with Gasteiger partial charge in [-0.15, -0.1) is 0 Å². The third-order valence-corrected chi connectivity index (χ3v) is 5.84. The van der Waals surface area contributed by atoms with Gasteiger partial charge in [0.05, 0.1) is 10.2 Å². The normalized spacial score (nSPS) is 16.0. The van der Waals surface area contributed by atoms with E-state index in [-0.39, 0.29) is 5.82 Å². The van der Waals surface area contributed by atoms with Crippen LogP contribution in [0.25, 0.3) is 10.2 Å². The zero-order valence-corrected chi connectivity index (χ0v) is 15.9. The largest absolute Gasteiger partial charge is 0.508 e. The summed E-state index contributed by atoms with van der Waals surface area (Å²) in [5, 5.41) is 13.6. The van der Waals surface area contributed by atoms with Gasteiger partial charge in [0.2, 0.25) is 0 Å². The van der Waals surface area contributed by atoms with Gasteiger partial charge in [-0.25, -0.2) is 9.37 Å². The van der Waals surface area contributed by atoms with E-state index >= 15 is 0 Å². The Morgan fingerprint density at radius 2 is 1.78 bits per heavy atom. The first-order valence-corrected chi connectivity index (χ1v) is 10.00. The number of thiazole rings is 1. The minimum atomic E-state index is -0.220. The quantitative estimate of drug-likeness (QED) is 0.680. The highest BCUT2D eigenvalue weighted by Gasteiger charge is 2.16. The third-order valence-electron chi connectivity index (χ3n) is 4.86. The fourth-order valence-electron chi connectivity index (χ4n) is 3.33. The maximum absolute atomic E-state index is 13.3. The van der Waals surface area contributed by atoms with E-state index in [1.54, 1.807) is 18.2 Å². The first-order valence-electron chi connectivity index (χ1n) is 9.18. The van der Waals surface area contributed by atoms with E-state index in [1.165, 1.54) is 29.0 Å². The van der Waals surface area contributed by atoms with E-state index in [4.69, 9.17) is 0 Å². The average Bonchev–Trinajstić information content (AvgIpc) is 3.07. The van der Waals surface area contributed by atoms with Crippen molar-refractivity contribution in [3.05, 3.63) is 53.8 Å². The second-order valence-corrected chi connectivity index (χ2v) is 7.87. The number of halogens is 1. The fourth-order valence-corrected chi connectivity index (χ4v) is 4.24. The van der Waals surface area contributed by atoms with Crippen LogP contribution >= 0.6 is 11.3 Å². The number of hydrogen-bond acceptors (Lipinski definition) is 6. The molecule has 1 aromatic heterocycles. The number of piperazine rings is 1. The molecular weight excluding hydrogens is 363 g/mol. The van der Waals surface area contributed by atoms with Crippen molar-refractivity contribution in [2.24, 2.45) is 0 Å². The molecule has 0 radical (unpaired) electrons. The Hall–Kier alpha value is -2.22. The molecule has 2 N–H and O–H groups in total. The van der Waals surface area contributed by atoms with Crippen LogP contribution in [0.15, 0.2) is 42.5 Å². The number of nitrogens with one attached hydrogen (secondary N) is 1. The Balaban J connectivity index is 1.20. The zero-order chi connectivity index (χ0) is 18.6. The van der Waals surface area contributed by atoms with Gasteiger partial charge in [-0.3, -0.25) is 9.80 Å². The molecule has 2 aromatic carbocycles. The number of anilines is 1. The van der Waals surface area contributed by atoms with Gasteiger partial charge >= 0.3 is 0 Å². The molecule has 7 heteroatoms. The molecule has 0 aliphatic carbocycles. The van der Waals surface area contributed by atoms with Crippen LogP contribution in [-0.4, -0.2) is 59.2 Å². The number of phenols is 1. The summed E-state index contributed by atoms with van der Waals surface area (Å²) in [6.45, 7) is 6.91. The summed E-state index contributed by atoms with van der Waals surface area (Å²) >= 11 is 1.49. The van der Waals surface area contributed by atoms with E-state index in [1.807, 2.05) is 12.1 Å². The van der Waals surface area contributed by atoms with Crippen LogP contribution < -0.4 is 5.32 Å². The molecule has 0 amide bonds. The van der Waals surface area contributed by atoms with Crippen LogP contribution in [0.5, 0.6) is 5.75 Å². The van der Waals surface area contributed by atoms with Gasteiger partial charge in [0.15, 0.2) is 5.13 Å². The van der Waals surface area contributed by atoms with E-state index in [2.05, 4.69) is 20.1 Å². The SMILES string of the molecule is Oc1ccc(CN2CCN(CCNc3nc4ccc(F)cc4s3)CC2)cc1. The van der Waals surface area contributed by atoms with Crippen molar-refractivity contribution in [3.8, 4) is 5.75 Å². The lowest BCUT2D eigenvalue weighted by Crippen LogP contribution is -2.47. The van der Waals surface area contributed by atoms with Gasteiger partial charge in [-0.05, 0) is 35.9 Å². The van der Waals surface area contributed by atoms with Gasteiger partial charge in [0.25, 0.3) is 0 Å². The first kappa shape index (κ1) is 18.2. The molecular formula is C20H23FN4OS. The fraction of sp³-hybridized carbons (Fsp3) is 0.350. The highest BCUT2D eigenvalue weighted by molar-refractivity contribution is 7.22. The number of nitrogens with zero attached hydrogens (tertiary/aromatic N) is 3. The molecule has 5 nitrogen and oxygen atoms in total. The van der Waals surface area contributed by atoms with Gasteiger partial charge in [-0.2, -0.15) is 0 Å². The van der Waals surface area contributed by atoms with E-state index < -0.39 is 0 Å². The third kappa shape index (κ3) is 4.74. The molecule has 27 heavy (non-hydrogen) atoms. The minimum absolute atomic E-state index is 0.220. The predicted molar refractivity (Wildman–Crippen MR) is 108 cm³/mol. The Morgan fingerprint density at radius 1 is 1.04 bits per heavy atom. The number of hydrogen-bond donors (Lipinski definition) is 2. The summed E-state index contributed by atoms with van der Waals surface area (Å²) in [4.78, 5) is 9.39. The van der Waals surface area contributed by atoms with Gasteiger partial charge < -0.3 is 10.4 Å². The second-order valence-electron chi connectivity index (χ2n) is 6.84. The van der Waals surface area contributed by atoms with Crippen molar-refractivity contribution in [2.45, 2.75) is 6.54 Å². The number of fused-ring (bicyclic) bond motifs is 1. The van der Waals surface area contributed by atoms with Crippen LogP contribution in [0.2, 0.25) is 0 Å². The van der Waals surface area contributed by atoms with Gasteiger partial charge in [0, 0.05) is 45.8 Å². The molecule has 0 atom stereocenters. The van der Waals surface area contributed by atoms with Gasteiger partial charge in [0.1, 0.15) is 11.6 Å². The molecule has 142 valence electrons. The molecule has 1 aliphatic rings. The molecule has 0 spiro atoms. The molecule has 0 unspecified atom stereocenters. The average molecular weight is 386 g/mol. The van der Waals surface area contributed by atoms with Crippen LogP contribution in [0.1, 0.15) is 5.56 Å². The van der Waals surface area contributed by atoms with Crippen molar-refractivity contribution in [1.29, 1.82) is 0 Å². The highest BCUT2D eigenvalue weighted by Crippen LogP contribution is 2.26. The monoisotopic (exact) mass is 386 g/mol. The number of aromatic hydroxyl groups is 1. The van der Waals surface area contributed by atoms with Crippen molar-refractivity contribution in [2.75, 3.05) is 44.6 Å². The topological polar surface area (TPSA) is 51.6 Å². The van der Waals surface area contributed by atoms with Crippen molar-refractivity contribution >= 4 is 26.7 Å². The Bertz CT molecular complexity index is 891. The molecule has 0 bridgehead atoms. The lowest BCUT2D eigenvalue weighted by Gasteiger charge is -2.34. The second kappa shape index (κ2) is 8.21.